The lowest BCUT2D eigenvalue weighted by Crippen LogP contribution is -2.46. The van der Waals surface area contributed by atoms with Crippen LogP contribution in [0.25, 0.3) is 0 Å². The van der Waals surface area contributed by atoms with Crippen LogP contribution in [0.1, 0.15) is 38.4 Å². The molecule has 4 heteroatoms. The number of rotatable bonds is 6. The molecular formula is C16H25NO3. The molecule has 1 aromatic carbocycles. The third-order valence-electron chi connectivity index (χ3n) is 3.80. The van der Waals surface area contributed by atoms with Crippen molar-refractivity contribution in [2.75, 3.05) is 26.8 Å². The summed E-state index contributed by atoms with van der Waals surface area (Å²) < 4.78 is 11.2. The normalized spacial score (nSPS) is 21.4. The van der Waals surface area contributed by atoms with Crippen LogP contribution in [0.5, 0.6) is 11.5 Å². The minimum absolute atomic E-state index is 0.0227. The van der Waals surface area contributed by atoms with Gasteiger partial charge in [0.25, 0.3) is 0 Å². The Kier molecular flexibility index (Phi) is 5.26. The van der Waals surface area contributed by atoms with E-state index in [1.165, 1.54) is 0 Å². The minimum Gasteiger partial charge on any atom is -0.493 e. The van der Waals surface area contributed by atoms with E-state index in [-0.39, 0.29) is 6.04 Å². The van der Waals surface area contributed by atoms with Gasteiger partial charge in [-0.3, -0.25) is 4.90 Å². The summed E-state index contributed by atoms with van der Waals surface area (Å²) in [7, 11) is 1.62. The summed E-state index contributed by atoms with van der Waals surface area (Å²) in [6.07, 6.45) is 1.63. The highest BCUT2D eigenvalue weighted by Crippen LogP contribution is 2.40. The van der Waals surface area contributed by atoms with E-state index in [2.05, 4.69) is 18.7 Å². The molecule has 0 spiro atoms. The summed E-state index contributed by atoms with van der Waals surface area (Å²) in [5.74, 6) is 1.38. The lowest BCUT2D eigenvalue weighted by Gasteiger charge is -2.38. The van der Waals surface area contributed by atoms with Gasteiger partial charge < -0.3 is 14.6 Å². The van der Waals surface area contributed by atoms with E-state index < -0.39 is 6.10 Å². The van der Waals surface area contributed by atoms with Gasteiger partial charge in [-0.2, -0.15) is 0 Å². The van der Waals surface area contributed by atoms with Crippen LogP contribution in [0.15, 0.2) is 18.2 Å². The highest BCUT2D eigenvalue weighted by molar-refractivity contribution is 5.49. The molecule has 1 heterocycles. The van der Waals surface area contributed by atoms with Gasteiger partial charge in [-0.1, -0.05) is 26.0 Å². The molecule has 0 aromatic heterocycles. The molecule has 2 atom stereocenters. The van der Waals surface area contributed by atoms with Crippen molar-refractivity contribution in [3.05, 3.63) is 23.8 Å². The Labute approximate surface area is 121 Å². The minimum atomic E-state index is -0.521. The summed E-state index contributed by atoms with van der Waals surface area (Å²) in [4.78, 5) is 2.33. The number of aliphatic hydroxyl groups excluding tert-OH is 1. The zero-order chi connectivity index (χ0) is 14.5. The highest BCUT2D eigenvalue weighted by Gasteiger charge is 2.34. The van der Waals surface area contributed by atoms with Crippen LogP contribution in [0.4, 0.5) is 0 Å². The van der Waals surface area contributed by atoms with Crippen LogP contribution in [0.2, 0.25) is 0 Å². The van der Waals surface area contributed by atoms with Crippen molar-refractivity contribution in [1.82, 2.24) is 4.90 Å². The fourth-order valence-corrected chi connectivity index (χ4v) is 2.87. The predicted molar refractivity (Wildman–Crippen MR) is 79.4 cm³/mol. The van der Waals surface area contributed by atoms with Gasteiger partial charge in [-0.15, -0.1) is 0 Å². The first-order valence-electron chi connectivity index (χ1n) is 7.44. The van der Waals surface area contributed by atoms with Gasteiger partial charge >= 0.3 is 0 Å². The largest absolute Gasteiger partial charge is 0.493 e. The van der Waals surface area contributed by atoms with Crippen molar-refractivity contribution in [3.63, 3.8) is 0 Å². The maximum Gasteiger partial charge on any atom is 0.167 e. The summed E-state index contributed by atoms with van der Waals surface area (Å²) in [6, 6.07) is 5.71. The molecular weight excluding hydrogens is 254 g/mol. The van der Waals surface area contributed by atoms with Crippen LogP contribution >= 0.6 is 0 Å². The van der Waals surface area contributed by atoms with E-state index in [0.717, 1.165) is 31.5 Å². The topological polar surface area (TPSA) is 41.9 Å². The monoisotopic (exact) mass is 279 g/mol. The second kappa shape index (κ2) is 6.95. The Bertz CT molecular complexity index is 430. The van der Waals surface area contributed by atoms with E-state index in [0.29, 0.717) is 18.1 Å². The SMILES string of the molecule is CCCN(CCC)C1COc2c(OC)cccc2C1O. The number of para-hydroxylation sites is 1. The summed E-state index contributed by atoms with van der Waals surface area (Å²) in [5, 5.41) is 10.7. The van der Waals surface area contributed by atoms with Crippen molar-refractivity contribution in [2.45, 2.75) is 38.8 Å². The predicted octanol–water partition coefficient (Wildman–Crippen LogP) is 2.61. The second-order valence-corrected chi connectivity index (χ2v) is 5.24. The van der Waals surface area contributed by atoms with E-state index in [1.54, 1.807) is 7.11 Å². The average molecular weight is 279 g/mol. The number of hydrogen-bond donors (Lipinski definition) is 1. The Morgan fingerprint density at radius 3 is 2.60 bits per heavy atom. The molecule has 112 valence electrons. The Morgan fingerprint density at radius 2 is 2.00 bits per heavy atom. The number of nitrogens with zero attached hydrogens (tertiary/aromatic N) is 1. The lowest BCUT2D eigenvalue weighted by molar-refractivity contribution is 0.00227. The van der Waals surface area contributed by atoms with Crippen LogP contribution < -0.4 is 9.47 Å². The van der Waals surface area contributed by atoms with Crippen molar-refractivity contribution in [1.29, 1.82) is 0 Å². The van der Waals surface area contributed by atoms with Gasteiger partial charge in [0.2, 0.25) is 0 Å². The molecule has 0 fully saturated rings. The maximum atomic E-state index is 10.7. The highest BCUT2D eigenvalue weighted by atomic mass is 16.5. The molecule has 20 heavy (non-hydrogen) atoms. The summed E-state index contributed by atoms with van der Waals surface area (Å²) in [5.41, 5.74) is 0.831. The van der Waals surface area contributed by atoms with E-state index in [4.69, 9.17) is 9.47 Å². The number of benzene rings is 1. The van der Waals surface area contributed by atoms with Gasteiger partial charge in [0.15, 0.2) is 11.5 Å². The van der Waals surface area contributed by atoms with Crippen molar-refractivity contribution >= 4 is 0 Å². The Hall–Kier alpha value is -1.26. The van der Waals surface area contributed by atoms with Gasteiger partial charge in [0.05, 0.1) is 13.2 Å². The molecule has 0 saturated heterocycles. The number of aliphatic hydroxyl groups is 1. The third-order valence-corrected chi connectivity index (χ3v) is 3.80. The standard InChI is InChI=1S/C16H25NO3/c1-4-9-17(10-5-2)13-11-20-16-12(15(13)18)7-6-8-14(16)19-3/h6-8,13,15,18H,4-5,9-11H2,1-3H3. The Balaban J connectivity index is 2.24. The van der Waals surface area contributed by atoms with Crippen LogP contribution in [-0.2, 0) is 0 Å². The lowest BCUT2D eigenvalue weighted by atomic mass is 9.97. The number of ether oxygens (including phenoxy) is 2. The van der Waals surface area contributed by atoms with Gasteiger partial charge in [0, 0.05) is 5.56 Å². The van der Waals surface area contributed by atoms with E-state index in [9.17, 15) is 5.11 Å². The smallest absolute Gasteiger partial charge is 0.167 e. The van der Waals surface area contributed by atoms with Crippen molar-refractivity contribution < 1.29 is 14.6 Å². The quantitative estimate of drug-likeness (QED) is 0.869. The van der Waals surface area contributed by atoms with Crippen molar-refractivity contribution in [2.24, 2.45) is 0 Å². The van der Waals surface area contributed by atoms with Gasteiger partial charge in [-0.25, -0.2) is 0 Å². The summed E-state index contributed by atoms with van der Waals surface area (Å²) in [6.45, 7) is 6.80. The first-order valence-corrected chi connectivity index (χ1v) is 7.44. The molecule has 0 bridgehead atoms. The molecule has 1 aliphatic rings. The number of methoxy groups -OCH3 is 1. The third kappa shape index (κ3) is 2.91. The van der Waals surface area contributed by atoms with E-state index in [1.807, 2.05) is 18.2 Å². The summed E-state index contributed by atoms with van der Waals surface area (Å²) >= 11 is 0. The molecule has 1 N–H and O–H groups in total. The van der Waals surface area contributed by atoms with Crippen LogP contribution in [0.3, 0.4) is 0 Å². The molecule has 0 amide bonds. The number of fused-ring (bicyclic) bond motifs is 1. The molecule has 0 radical (unpaired) electrons. The van der Waals surface area contributed by atoms with Gasteiger partial charge in [-0.05, 0) is 32.0 Å². The van der Waals surface area contributed by atoms with E-state index >= 15 is 0 Å². The zero-order valence-electron chi connectivity index (χ0n) is 12.6. The van der Waals surface area contributed by atoms with Crippen LogP contribution in [0, 0.1) is 0 Å². The maximum absolute atomic E-state index is 10.7. The fourth-order valence-electron chi connectivity index (χ4n) is 2.87. The molecule has 2 unspecified atom stereocenters. The van der Waals surface area contributed by atoms with Crippen LogP contribution in [-0.4, -0.2) is 42.9 Å². The average Bonchev–Trinajstić information content (AvgIpc) is 2.47. The zero-order valence-corrected chi connectivity index (χ0v) is 12.6. The second-order valence-electron chi connectivity index (χ2n) is 5.24. The molecule has 0 saturated carbocycles. The molecule has 4 nitrogen and oxygen atoms in total. The fraction of sp³-hybridized carbons (Fsp3) is 0.625. The first kappa shape index (κ1) is 15.1. The number of hydrogen-bond acceptors (Lipinski definition) is 4. The molecule has 2 rings (SSSR count). The first-order chi connectivity index (χ1) is 9.72. The van der Waals surface area contributed by atoms with Gasteiger partial charge in [0.1, 0.15) is 12.7 Å². The Morgan fingerprint density at radius 1 is 1.30 bits per heavy atom. The molecule has 1 aromatic rings. The molecule has 1 aliphatic heterocycles. The molecule has 0 aliphatic carbocycles. The van der Waals surface area contributed by atoms with Crippen molar-refractivity contribution in [3.8, 4) is 11.5 Å².